The van der Waals surface area contributed by atoms with Crippen molar-refractivity contribution >= 4 is 12.6 Å². The Labute approximate surface area is 324 Å². The zero-order chi connectivity index (χ0) is 39.2. The molecule has 9 heteroatoms. The number of carbonyl (C=O) groups is 2. The van der Waals surface area contributed by atoms with E-state index in [1.165, 1.54) is 0 Å². The molecule has 0 saturated heterocycles. The first-order valence-corrected chi connectivity index (χ1v) is 18.1. The van der Waals surface area contributed by atoms with Gasteiger partial charge >= 0.3 is 0 Å². The minimum Gasteiger partial charge on any atom is -0.496 e. The summed E-state index contributed by atoms with van der Waals surface area (Å²) in [7, 11) is 4.80. The summed E-state index contributed by atoms with van der Waals surface area (Å²) in [6, 6.07) is 28.0. The molecule has 55 heavy (non-hydrogen) atoms. The van der Waals surface area contributed by atoms with Crippen molar-refractivity contribution in [1.29, 1.82) is 0 Å². The summed E-state index contributed by atoms with van der Waals surface area (Å²) in [5.74, 6) is 1.87. The van der Waals surface area contributed by atoms with Gasteiger partial charge in [0.05, 0.1) is 85.3 Å². The smallest absolute Gasteiger partial charge is 0.153 e. The van der Waals surface area contributed by atoms with Crippen LogP contribution in [0.2, 0.25) is 0 Å². The van der Waals surface area contributed by atoms with Crippen molar-refractivity contribution in [3.05, 3.63) is 157 Å². The second-order valence-electron chi connectivity index (χ2n) is 13.5. The summed E-state index contributed by atoms with van der Waals surface area (Å²) < 4.78 is 40.9. The number of aryl methyl sites for hydroxylation is 3. The number of hydrogen-bond acceptors (Lipinski definition) is 9. The van der Waals surface area contributed by atoms with Crippen LogP contribution in [0.25, 0.3) is 0 Å². The molecule has 0 heterocycles. The topological polar surface area (TPSA) is 98.8 Å². The molecule has 0 radical (unpaired) electrons. The van der Waals surface area contributed by atoms with Crippen LogP contribution in [0.5, 0.6) is 17.2 Å². The van der Waals surface area contributed by atoms with Crippen molar-refractivity contribution in [2.45, 2.75) is 73.6 Å². The zero-order valence-electron chi connectivity index (χ0n) is 32.6. The van der Waals surface area contributed by atoms with Crippen molar-refractivity contribution in [2.24, 2.45) is 0 Å². The van der Waals surface area contributed by atoms with E-state index in [0.717, 1.165) is 79.5 Å². The summed E-state index contributed by atoms with van der Waals surface area (Å²) in [6.45, 7) is 9.15. The molecule has 0 atom stereocenters. The molecule has 0 saturated carbocycles. The Kier molecular flexibility index (Phi) is 15.1. The molecule has 0 aliphatic carbocycles. The maximum Gasteiger partial charge on any atom is 0.153 e. The molecule has 5 aromatic rings. The van der Waals surface area contributed by atoms with Crippen LogP contribution in [-0.2, 0) is 71.8 Å². The molecular formula is C46H50O9. The molecular weight excluding hydrogens is 696 g/mol. The fourth-order valence-corrected chi connectivity index (χ4v) is 6.63. The lowest BCUT2D eigenvalue weighted by atomic mass is 10.1. The lowest BCUT2D eigenvalue weighted by molar-refractivity contribution is 0.0989. The van der Waals surface area contributed by atoms with E-state index in [9.17, 15) is 9.59 Å². The van der Waals surface area contributed by atoms with Crippen molar-refractivity contribution in [2.75, 3.05) is 21.3 Å². The molecule has 5 rings (SSSR count). The molecule has 0 fully saturated rings. The minimum atomic E-state index is 0.337. The van der Waals surface area contributed by atoms with Crippen LogP contribution in [0.1, 0.15) is 81.9 Å². The Morgan fingerprint density at radius 2 is 0.636 bits per heavy atom. The van der Waals surface area contributed by atoms with Crippen molar-refractivity contribution in [3.8, 4) is 17.2 Å². The van der Waals surface area contributed by atoms with Gasteiger partial charge in [0.2, 0.25) is 0 Å². The van der Waals surface area contributed by atoms with Gasteiger partial charge in [-0.1, -0.05) is 78.4 Å². The number of hydrogen-bond donors (Lipinski definition) is 0. The Hall–Kier alpha value is -5.32. The largest absolute Gasteiger partial charge is 0.496 e. The van der Waals surface area contributed by atoms with Crippen molar-refractivity contribution in [1.82, 2.24) is 0 Å². The number of benzene rings is 5. The summed E-state index contributed by atoms with van der Waals surface area (Å²) in [4.78, 5) is 22.9. The van der Waals surface area contributed by atoms with E-state index < -0.39 is 0 Å². The zero-order valence-corrected chi connectivity index (χ0v) is 32.6. The van der Waals surface area contributed by atoms with E-state index in [1.54, 1.807) is 33.5 Å². The van der Waals surface area contributed by atoms with Crippen LogP contribution in [0.3, 0.4) is 0 Å². The molecule has 9 nitrogen and oxygen atoms in total. The van der Waals surface area contributed by atoms with E-state index in [4.69, 9.17) is 33.2 Å². The third-order valence-electron chi connectivity index (χ3n) is 9.08. The van der Waals surface area contributed by atoms with Gasteiger partial charge in [-0.3, -0.25) is 9.59 Å². The number of ether oxygens (including phenoxy) is 7. The number of carbonyl (C=O) groups excluding carboxylic acids is 2. The highest BCUT2D eigenvalue weighted by molar-refractivity contribution is 5.81. The van der Waals surface area contributed by atoms with Gasteiger partial charge in [0.15, 0.2) is 12.6 Å². The minimum absolute atomic E-state index is 0.337. The lowest BCUT2D eigenvalue weighted by Crippen LogP contribution is -2.04. The van der Waals surface area contributed by atoms with Gasteiger partial charge < -0.3 is 33.2 Å². The monoisotopic (exact) mass is 746 g/mol. The van der Waals surface area contributed by atoms with Gasteiger partial charge in [-0.2, -0.15) is 0 Å². The van der Waals surface area contributed by atoms with Crippen molar-refractivity contribution in [3.63, 3.8) is 0 Å². The molecule has 0 amide bonds. The van der Waals surface area contributed by atoms with Gasteiger partial charge in [0, 0.05) is 22.3 Å². The van der Waals surface area contributed by atoms with E-state index in [0.29, 0.717) is 75.5 Å². The average Bonchev–Trinajstić information content (AvgIpc) is 3.18. The standard InChI is InChI=1S/C46H50O9/c1-31-15-38(21-47)44(49-4)40(17-31)27-52-23-34-7-11-36(12-8-34)25-54-29-42-19-33(3)20-43(46(42)51-6)30-55-26-37-13-9-35(10-14-37)24-53-28-41-18-32(2)16-39(22-48)45(41)50-5/h7-22H,23-30H2,1-6H3. The third-order valence-corrected chi connectivity index (χ3v) is 9.08. The number of rotatable bonds is 21. The quantitative estimate of drug-likeness (QED) is 0.0681. The van der Waals surface area contributed by atoms with E-state index >= 15 is 0 Å². The Morgan fingerprint density at radius 1 is 0.382 bits per heavy atom. The first-order valence-electron chi connectivity index (χ1n) is 18.1. The van der Waals surface area contributed by atoms with Gasteiger partial charge in [-0.15, -0.1) is 0 Å². The van der Waals surface area contributed by atoms with Crippen LogP contribution < -0.4 is 14.2 Å². The number of aldehydes is 2. The Morgan fingerprint density at radius 3 is 0.891 bits per heavy atom. The second kappa shape index (κ2) is 20.4. The van der Waals surface area contributed by atoms with Gasteiger partial charge in [0.1, 0.15) is 17.2 Å². The average molecular weight is 747 g/mol. The first kappa shape index (κ1) is 40.9. The van der Waals surface area contributed by atoms with Crippen LogP contribution in [0.15, 0.2) is 84.9 Å². The molecule has 0 spiro atoms. The summed E-state index contributed by atoms with van der Waals surface area (Å²) in [5.41, 5.74) is 11.9. The molecule has 5 aromatic carbocycles. The lowest BCUT2D eigenvalue weighted by Gasteiger charge is -2.16. The maximum absolute atomic E-state index is 11.4. The first-order chi connectivity index (χ1) is 26.7. The molecule has 0 aliphatic rings. The van der Waals surface area contributed by atoms with Crippen LogP contribution in [-0.4, -0.2) is 33.9 Å². The maximum atomic E-state index is 11.4. The highest BCUT2D eigenvalue weighted by Gasteiger charge is 2.14. The fraction of sp³-hybridized carbons (Fsp3) is 0.304. The van der Waals surface area contributed by atoms with Gasteiger partial charge in [-0.25, -0.2) is 0 Å². The highest BCUT2D eigenvalue weighted by atomic mass is 16.5. The predicted molar refractivity (Wildman–Crippen MR) is 211 cm³/mol. The molecule has 0 unspecified atom stereocenters. The fourth-order valence-electron chi connectivity index (χ4n) is 6.63. The van der Waals surface area contributed by atoms with Gasteiger partial charge in [0.25, 0.3) is 0 Å². The van der Waals surface area contributed by atoms with E-state index in [1.807, 2.05) is 74.5 Å². The van der Waals surface area contributed by atoms with Gasteiger partial charge in [-0.05, 0) is 66.3 Å². The van der Waals surface area contributed by atoms with Crippen molar-refractivity contribution < 1.29 is 42.7 Å². The Bertz CT molecular complexity index is 1890. The highest BCUT2D eigenvalue weighted by Crippen LogP contribution is 2.29. The van der Waals surface area contributed by atoms with Crippen LogP contribution in [0.4, 0.5) is 0 Å². The van der Waals surface area contributed by atoms with E-state index in [2.05, 4.69) is 19.1 Å². The molecule has 0 aromatic heterocycles. The molecule has 0 bridgehead atoms. The van der Waals surface area contributed by atoms with Crippen LogP contribution >= 0.6 is 0 Å². The normalized spacial score (nSPS) is 11.0. The second-order valence-corrected chi connectivity index (χ2v) is 13.5. The van der Waals surface area contributed by atoms with E-state index in [-0.39, 0.29) is 0 Å². The Balaban J connectivity index is 1.07. The third kappa shape index (κ3) is 11.3. The molecule has 288 valence electrons. The summed E-state index contributed by atoms with van der Waals surface area (Å²) in [5, 5.41) is 0. The summed E-state index contributed by atoms with van der Waals surface area (Å²) >= 11 is 0. The number of methoxy groups -OCH3 is 3. The predicted octanol–water partition coefficient (Wildman–Crippen LogP) is 9.13. The van der Waals surface area contributed by atoms with Crippen LogP contribution in [0, 0.1) is 20.8 Å². The molecule has 0 aliphatic heterocycles. The SMILES string of the molecule is COc1c(C=O)cc(C)cc1COCc1ccc(COCc2cc(C)cc(COCc3ccc(COCc4cc(C)cc(C=O)c4OC)cc3)c2OC)cc1. The summed E-state index contributed by atoms with van der Waals surface area (Å²) in [6.07, 6.45) is 1.61. The molecule has 0 N–H and O–H groups in total.